The van der Waals surface area contributed by atoms with Crippen molar-refractivity contribution in [2.45, 2.75) is 13.0 Å². The number of nitrogens with zero attached hydrogens (tertiary/aromatic N) is 3. The van der Waals surface area contributed by atoms with E-state index < -0.39 is 6.10 Å². The van der Waals surface area contributed by atoms with Crippen molar-refractivity contribution in [2.24, 2.45) is 4.99 Å². The van der Waals surface area contributed by atoms with Crippen LogP contribution >= 0.6 is 0 Å². The molecule has 0 saturated carbocycles. The van der Waals surface area contributed by atoms with Gasteiger partial charge >= 0.3 is 0 Å². The highest BCUT2D eigenvalue weighted by Gasteiger charge is 2.21. The zero-order chi connectivity index (χ0) is 21.8. The second-order valence-corrected chi connectivity index (χ2v) is 7.09. The Balaban J connectivity index is 1.84. The van der Waals surface area contributed by atoms with E-state index >= 15 is 0 Å². The van der Waals surface area contributed by atoms with Crippen molar-refractivity contribution in [2.75, 3.05) is 73.2 Å². The topological polar surface area (TPSA) is 98.7 Å². The van der Waals surface area contributed by atoms with Gasteiger partial charge in [-0.1, -0.05) is 12.1 Å². The van der Waals surface area contributed by atoms with E-state index in [4.69, 9.17) is 9.47 Å². The molecule has 168 valence electrons. The lowest BCUT2D eigenvalue weighted by Crippen LogP contribution is -2.54. The van der Waals surface area contributed by atoms with Gasteiger partial charge in [-0.05, 0) is 24.6 Å². The maximum atomic E-state index is 12.0. The summed E-state index contributed by atoms with van der Waals surface area (Å²) in [5.74, 6) is 1.56. The fourth-order valence-corrected chi connectivity index (χ4v) is 3.20. The molecule has 3 N–H and O–H groups in total. The third-order valence-corrected chi connectivity index (χ3v) is 4.92. The van der Waals surface area contributed by atoms with Crippen molar-refractivity contribution in [3.8, 4) is 5.75 Å². The number of aliphatic hydroxyl groups is 1. The lowest BCUT2D eigenvalue weighted by Gasteiger charge is -2.36. The van der Waals surface area contributed by atoms with Crippen LogP contribution in [0.2, 0.25) is 0 Å². The largest absolute Gasteiger partial charge is 0.497 e. The van der Waals surface area contributed by atoms with Crippen LogP contribution in [0, 0.1) is 0 Å². The number of aliphatic imine (C=N–C) groups is 1. The quantitative estimate of drug-likeness (QED) is 0.279. The van der Waals surface area contributed by atoms with Crippen LogP contribution in [0.1, 0.15) is 18.6 Å². The van der Waals surface area contributed by atoms with Gasteiger partial charge in [0.15, 0.2) is 5.96 Å². The Bertz CT molecular complexity index is 660. The predicted molar refractivity (Wildman–Crippen MR) is 117 cm³/mol. The van der Waals surface area contributed by atoms with Gasteiger partial charge in [0, 0.05) is 46.4 Å². The van der Waals surface area contributed by atoms with Crippen LogP contribution in [0.25, 0.3) is 0 Å². The number of carbonyl (C=O) groups is 1. The molecule has 0 aromatic heterocycles. The number of guanidine groups is 1. The highest BCUT2D eigenvalue weighted by Crippen LogP contribution is 2.18. The number of hydrogen-bond donors (Lipinski definition) is 3. The Morgan fingerprint density at radius 1 is 1.17 bits per heavy atom. The van der Waals surface area contributed by atoms with Crippen LogP contribution in [0.15, 0.2) is 29.3 Å². The molecule has 1 unspecified atom stereocenters. The molecule has 30 heavy (non-hydrogen) atoms. The summed E-state index contributed by atoms with van der Waals surface area (Å²) < 4.78 is 10.1. The molecule has 1 aromatic rings. The molecule has 1 heterocycles. The third kappa shape index (κ3) is 7.81. The minimum Gasteiger partial charge on any atom is -0.497 e. The predicted octanol–water partition coefficient (Wildman–Crippen LogP) is 0.0743. The van der Waals surface area contributed by atoms with Gasteiger partial charge in [0.1, 0.15) is 5.75 Å². The Kier molecular flexibility index (Phi) is 10.4. The van der Waals surface area contributed by atoms with E-state index in [0.29, 0.717) is 19.7 Å². The van der Waals surface area contributed by atoms with Gasteiger partial charge in [0.05, 0.1) is 32.9 Å². The first-order valence-electron chi connectivity index (χ1n) is 10.4. The molecule has 0 radical (unpaired) electrons. The van der Waals surface area contributed by atoms with Crippen LogP contribution < -0.4 is 15.4 Å². The van der Waals surface area contributed by atoms with Crippen LogP contribution in [0.4, 0.5) is 0 Å². The maximum absolute atomic E-state index is 12.0. The lowest BCUT2D eigenvalue weighted by atomic mass is 10.1. The lowest BCUT2D eigenvalue weighted by molar-refractivity contribution is -0.122. The third-order valence-electron chi connectivity index (χ3n) is 4.92. The van der Waals surface area contributed by atoms with Crippen molar-refractivity contribution in [1.82, 2.24) is 20.4 Å². The van der Waals surface area contributed by atoms with E-state index in [-0.39, 0.29) is 12.5 Å². The van der Waals surface area contributed by atoms with Gasteiger partial charge in [-0.15, -0.1) is 0 Å². The number of rotatable bonds is 10. The summed E-state index contributed by atoms with van der Waals surface area (Å²) in [6, 6.07) is 7.36. The highest BCUT2D eigenvalue weighted by atomic mass is 16.5. The Hall–Kier alpha value is -2.36. The molecule has 2 rings (SSSR count). The van der Waals surface area contributed by atoms with E-state index in [1.54, 1.807) is 14.2 Å². The summed E-state index contributed by atoms with van der Waals surface area (Å²) >= 11 is 0. The molecule has 9 nitrogen and oxygen atoms in total. The fraction of sp³-hybridized carbons (Fsp3) is 0.619. The zero-order valence-corrected chi connectivity index (χ0v) is 18.3. The fourth-order valence-electron chi connectivity index (χ4n) is 3.20. The smallest absolute Gasteiger partial charge is 0.234 e. The zero-order valence-electron chi connectivity index (χ0n) is 18.3. The monoisotopic (exact) mass is 421 g/mol. The maximum Gasteiger partial charge on any atom is 0.234 e. The number of nitrogens with one attached hydrogen (secondary N) is 2. The van der Waals surface area contributed by atoms with Crippen LogP contribution in [0.3, 0.4) is 0 Å². The Morgan fingerprint density at radius 3 is 2.47 bits per heavy atom. The number of ether oxygens (including phenoxy) is 2. The molecular formula is C21H35N5O4. The van der Waals surface area contributed by atoms with Gasteiger partial charge in [-0.3, -0.25) is 14.7 Å². The molecule has 9 heteroatoms. The summed E-state index contributed by atoms with van der Waals surface area (Å²) in [7, 11) is 3.23. The number of carbonyl (C=O) groups excluding carboxylic acids is 1. The van der Waals surface area contributed by atoms with Gasteiger partial charge in [-0.25, -0.2) is 0 Å². The number of amides is 1. The van der Waals surface area contributed by atoms with Gasteiger partial charge in [-0.2, -0.15) is 0 Å². The summed E-state index contributed by atoms with van der Waals surface area (Å²) in [4.78, 5) is 20.9. The highest BCUT2D eigenvalue weighted by molar-refractivity contribution is 5.80. The first-order valence-corrected chi connectivity index (χ1v) is 10.4. The number of hydrogen-bond acceptors (Lipinski definition) is 6. The average molecular weight is 422 g/mol. The molecule has 1 fully saturated rings. The Labute approximate surface area is 179 Å². The molecule has 0 spiro atoms. The molecule has 0 aliphatic carbocycles. The van der Waals surface area contributed by atoms with Crippen LogP contribution in [-0.2, 0) is 9.53 Å². The SMILES string of the molecule is CCNC(=NCC(O)c1ccc(OC)cc1)N1CCN(CC(=O)NCCOC)CC1. The van der Waals surface area contributed by atoms with E-state index in [1.807, 2.05) is 31.2 Å². The normalized spacial score (nSPS) is 16.3. The molecular weight excluding hydrogens is 386 g/mol. The summed E-state index contributed by atoms with van der Waals surface area (Å²) in [5, 5.41) is 16.6. The molecule has 1 atom stereocenters. The minimum atomic E-state index is -0.679. The standard InChI is InChI=1S/C21H35N5O4/c1-4-22-21(24-15-19(27)17-5-7-18(30-3)8-6-17)26-12-10-25(11-13-26)16-20(28)23-9-14-29-2/h5-8,19,27H,4,9-16H2,1-3H3,(H,22,24)(H,23,28). The number of benzene rings is 1. The van der Waals surface area contributed by atoms with Gasteiger partial charge in [0.25, 0.3) is 0 Å². The van der Waals surface area contributed by atoms with Crippen molar-refractivity contribution in [3.05, 3.63) is 29.8 Å². The van der Waals surface area contributed by atoms with Crippen molar-refractivity contribution < 1.29 is 19.4 Å². The minimum absolute atomic E-state index is 0.0173. The van der Waals surface area contributed by atoms with Gasteiger partial charge < -0.3 is 30.1 Å². The van der Waals surface area contributed by atoms with E-state index in [0.717, 1.165) is 50.0 Å². The van der Waals surface area contributed by atoms with E-state index in [9.17, 15) is 9.90 Å². The molecule has 1 aliphatic heterocycles. The first kappa shape index (κ1) is 23.9. The molecule has 1 aliphatic rings. The number of aliphatic hydroxyl groups excluding tert-OH is 1. The van der Waals surface area contributed by atoms with Crippen molar-refractivity contribution in [3.63, 3.8) is 0 Å². The first-order chi connectivity index (χ1) is 14.6. The molecule has 1 aromatic carbocycles. The Morgan fingerprint density at radius 2 is 1.87 bits per heavy atom. The van der Waals surface area contributed by atoms with E-state index in [1.165, 1.54) is 0 Å². The van der Waals surface area contributed by atoms with Crippen molar-refractivity contribution >= 4 is 11.9 Å². The number of methoxy groups -OCH3 is 2. The average Bonchev–Trinajstić information content (AvgIpc) is 2.77. The van der Waals surface area contributed by atoms with Crippen molar-refractivity contribution in [1.29, 1.82) is 0 Å². The van der Waals surface area contributed by atoms with Crippen LogP contribution in [0.5, 0.6) is 5.75 Å². The van der Waals surface area contributed by atoms with Gasteiger partial charge in [0.2, 0.25) is 5.91 Å². The summed E-state index contributed by atoms with van der Waals surface area (Å²) in [6.07, 6.45) is -0.679. The molecule has 1 amide bonds. The molecule has 0 bridgehead atoms. The summed E-state index contributed by atoms with van der Waals surface area (Å²) in [5.41, 5.74) is 0.805. The van der Waals surface area contributed by atoms with E-state index in [2.05, 4.69) is 25.4 Å². The van der Waals surface area contributed by atoms with Crippen LogP contribution in [-0.4, -0.2) is 100.0 Å². The second kappa shape index (κ2) is 13.0. The second-order valence-electron chi connectivity index (χ2n) is 7.09. The number of piperazine rings is 1. The molecule has 1 saturated heterocycles. The summed E-state index contributed by atoms with van der Waals surface area (Å²) in [6.45, 7) is 7.60.